The molecule has 1 heterocycles. The van der Waals surface area contributed by atoms with Gasteiger partial charge in [-0.1, -0.05) is 0 Å². The minimum atomic E-state index is -0.420. The van der Waals surface area contributed by atoms with Crippen molar-refractivity contribution in [1.82, 2.24) is 10.2 Å². The summed E-state index contributed by atoms with van der Waals surface area (Å²) in [6.07, 6.45) is 2.67. The van der Waals surface area contributed by atoms with Crippen LogP contribution in [-0.2, 0) is 4.79 Å². The zero-order valence-corrected chi connectivity index (χ0v) is 8.99. The van der Waals surface area contributed by atoms with Gasteiger partial charge in [-0.25, -0.2) is 0 Å². The van der Waals surface area contributed by atoms with E-state index in [4.69, 9.17) is 0 Å². The molecule has 0 aromatic heterocycles. The molecule has 1 rings (SSSR count). The second kappa shape index (κ2) is 5.32. The highest BCUT2D eigenvalue weighted by atomic mass is 16.3. The van der Waals surface area contributed by atoms with Gasteiger partial charge in [-0.3, -0.25) is 4.79 Å². The van der Waals surface area contributed by atoms with E-state index in [9.17, 15) is 9.90 Å². The maximum absolute atomic E-state index is 11.7. The van der Waals surface area contributed by atoms with Crippen molar-refractivity contribution < 1.29 is 9.90 Å². The first kappa shape index (κ1) is 11.5. The Morgan fingerprint density at radius 3 is 2.93 bits per heavy atom. The van der Waals surface area contributed by atoms with Crippen LogP contribution >= 0.6 is 0 Å². The molecule has 2 atom stereocenters. The summed E-state index contributed by atoms with van der Waals surface area (Å²) in [5.41, 5.74) is 0. The molecule has 4 heteroatoms. The van der Waals surface area contributed by atoms with Gasteiger partial charge >= 0.3 is 0 Å². The molecule has 1 saturated heterocycles. The van der Waals surface area contributed by atoms with Crippen LogP contribution in [0.25, 0.3) is 0 Å². The van der Waals surface area contributed by atoms with Crippen LogP contribution in [0.4, 0.5) is 0 Å². The fourth-order valence-electron chi connectivity index (χ4n) is 2.02. The summed E-state index contributed by atoms with van der Waals surface area (Å²) in [6, 6.07) is 0.0181. The Kier molecular flexibility index (Phi) is 4.35. The summed E-state index contributed by atoms with van der Waals surface area (Å²) in [5, 5.41) is 12.4. The highest BCUT2D eigenvalue weighted by Gasteiger charge is 2.29. The first-order valence-corrected chi connectivity index (χ1v) is 5.29. The van der Waals surface area contributed by atoms with E-state index in [0.29, 0.717) is 6.54 Å². The van der Waals surface area contributed by atoms with Gasteiger partial charge in [0.2, 0.25) is 5.91 Å². The summed E-state index contributed by atoms with van der Waals surface area (Å²) in [5.74, 6) is 0.0955. The van der Waals surface area contributed by atoms with E-state index in [1.165, 1.54) is 0 Å². The van der Waals surface area contributed by atoms with Crippen molar-refractivity contribution in [2.75, 3.05) is 20.1 Å². The quantitative estimate of drug-likeness (QED) is 0.672. The molecule has 0 radical (unpaired) electrons. The number of carbonyl (C=O) groups is 1. The molecule has 82 valence electrons. The zero-order chi connectivity index (χ0) is 10.6. The second-order valence-electron chi connectivity index (χ2n) is 3.92. The number of nitrogens with one attached hydrogen (secondary N) is 1. The predicted octanol–water partition coefficient (Wildman–Crippen LogP) is -0.0323. The Morgan fingerprint density at radius 2 is 2.36 bits per heavy atom. The number of hydrogen-bond acceptors (Lipinski definition) is 3. The minimum absolute atomic E-state index is 0.0181. The van der Waals surface area contributed by atoms with E-state index in [-0.39, 0.29) is 11.9 Å². The molecule has 0 spiro atoms. The molecule has 2 N–H and O–H groups in total. The summed E-state index contributed by atoms with van der Waals surface area (Å²) < 4.78 is 0. The Labute approximate surface area is 85.3 Å². The summed E-state index contributed by atoms with van der Waals surface area (Å²) in [4.78, 5) is 13.5. The van der Waals surface area contributed by atoms with Crippen LogP contribution in [-0.4, -0.2) is 48.2 Å². The topological polar surface area (TPSA) is 52.6 Å². The molecule has 0 aromatic carbocycles. The molecule has 0 aliphatic carbocycles. The van der Waals surface area contributed by atoms with Crippen LogP contribution in [0.15, 0.2) is 0 Å². The van der Waals surface area contributed by atoms with E-state index in [2.05, 4.69) is 5.32 Å². The van der Waals surface area contributed by atoms with Crippen molar-refractivity contribution in [3.8, 4) is 0 Å². The molecule has 14 heavy (non-hydrogen) atoms. The highest BCUT2D eigenvalue weighted by molar-refractivity contribution is 5.78. The lowest BCUT2D eigenvalue weighted by Crippen LogP contribution is -2.51. The molecule has 1 aliphatic rings. The number of piperidine rings is 1. The molecule has 1 fully saturated rings. The Balaban J connectivity index is 2.57. The van der Waals surface area contributed by atoms with Crippen LogP contribution < -0.4 is 5.32 Å². The van der Waals surface area contributed by atoms with Gasteiger partial charge in [0.15, 0.2) is 0 Å². The van der Waals surface area contributed by atoms with E-state index < -0.39 is 6.10 Å². The van der Waals surface area contributed by atoms with Crippen LogP contribution in [0.5, 0.6) is 0 Å². The van der Waals surface area contributed by atoms with Crippen LogP contribution in [0.2, 0.25) is 0 Å². The van der Waals surface area contributed by atoms with E-state index >= 15 is 0 Å². The summed E-state index contributed by atoms with van der Waals surface area (Å²) in [6.45, 7) is 2.91. The second-order valence-corrected chi connectivity index (χ2v) is 3.92. The largest absolute Gasteiger partial charge is 0.391 e. The van der Waals surface area contributed by atoms with Crippen molar-refractivity contribution in [3.05, 3.63) is 0 Å². The molecule has 0 aromatic rings. The number of rotatable bonds is 3. The van der Waals surface area contributed by atoms with E-state index in [1.54, 1.807) is 14.0 Å². The third-order valence-electron chi connectivity index (χ3n) is 2.75. The lowest BCUT2D eigenvalue weighted by molar-refractivity contribution is -0.136. The molecule has 4 nitrogen and oxygen atoms in total. The lowest BCUT2D eigenvalue weighted by Gasteiger charge is -2.37. The predicted molar refractivity (Wildman–Crippen MR) is 55.0 cm³/mol. The van der Waals surface area contributed by atoms with Gasteiger partial charge < -0.3 is 15.3 Å². The Morgan fingerprint density at radius 1 is 1.64 bits per heavy atom. The molecule has 0 saturated carbocycles. The van der Waals surface area contributed by atoms with Crippen molar-refractivity contribution in [2.24, 2.45) is 0 Å². The molecule has 1 aliphatic heterocycles. The number of hydrogen-bond donors (Lipinski definition) is 2. The normalized spacial score (nSPS) is 24.8. The van der Waals surface area contributed by atoms with Gasteiger partial charge in [-0.2, -0.15) is 0 Å². The molecule has 0 unspecified atom stereocenters. The SMILES string of the molecule is CNCC(=O)N1CCCC[C@@H]1[C@H](C)O. The van der Waals surface area contributed by atoms with Gasteiger partial charge in [0.1, 0.15) is 0 Å². The standard InChI is InChI=1S/C10H20N2O2/c1-8(13)9-5-3-4-6-12(9)10(14)7-11-2/h8-9,11,13H,3-7H2,1-2H3/t8-,9+/m0/s1. The zero-order valence-electron chi connectivity index (χ0n) is 8.99. The first-order chi connectivity index (χ1) is 6.66. The monoisotopic (exact) mass is 200 g/mol. The van der Waals surface area contributed by atoms with Gasteiger partial charge in [0.25, 0.3) is 0 Å². The number of nitrogens with zero attached hydrogens (tertiary/aromatic N) is 1. The molecular formula is C10H20N2O2. The summed E-state index contributed by atoms with van der Waals surface area (Å²) in [7, 11) is 1.76. The van der Waals surface area contributed by atoms with Gasteiger partial charge in [0, 0.05) is 6.54 Å². The van der Waals surface area contributed by atoms with Crippen LogP contribution in [0.3, 0.4) is 0 Å². The number of aliphatic hydroxyl groups is 1. The Hall–Kier alpha value is -0.610. The number of aliphatic hydroxyl groups excluding tert-OH is 1. The molecule has 1 amide bonds. The van der Waals surface area contributed by atoms with Crippen LogP contribution in [0.1, 0.15) is 26.2 Å². The first-order valence-electron chi connectivity index (χ1n) is 5.29. The number of likely N-dealkylation sites (tertiary alicyclic amines) is 1. The fraction of sp³-hybridized carbons (Fsp3) is 0.900. The maximum atomic E-state index is 11.7. The third-order valence-corrected chi connectivity index (χ3v) is 2.75. The van der Waals surface area contributed by atoms with Crippen molar-refractivity contribution >= 4 is 5.91 Å². The van der Waals surface area contributed by atoms with Crippen molar-refractivity contribution in [1.29, 1.82) is 0 Å². The van der Waals surface area contributed by atoms with Crippen molar-refractivity contribution in [3.63, 3.8) is 0 Å². The molecule has 0 bridgehead atoms. The minimum Gasteiger partial charge on any atom is -0.391 e. The van der Waals surface area contributed by atoms with Gasteiger partial charge in [-0.05, 0) is 33.2 Å². The average molecular weight is 200 g/mol. The van der Waals surface area contributed by atoms with E-state index in [1.807, 2.05) is 4.90 Å². The van der Waals surface area contributed by atoms with Crippen molar-refractivity contribution in [2.45, 2.75) is 38.3 Å². The van der Waals surface area contributed by atoms with E-state index in [0.717, 1.165) is 25.8 Å². The Bertz CT molecular complexity index is 195. The molecular weight excluding hydrogens is 180 g/mol. The average Bonchev–Trinajstić information content (AvgIpc) is 2.18. The maximum Gasteiger partial charge on any atom is 0.236 e. The number of amides is 1. The highest BCUT2D eigenvalue weighted by Crippen LogP contribution is 2.19. The van der Waals surface area contributed by atoms with Crippen LogP contribution in [0, 0.1) is 0 Å². The lowest BCUT2D eigenvalue weighted by atomic mass is 9.98. The summed E-state index contributed by atoms with van der Waals surface area (Å²) >= 11 is 0. The fourth-order valence-corrected chi connectivity index (χ4v) is 2.02. The van der Waals surface area contributed by atoms with Gasteiger partial charge in [-0.15, -0.1) is 0 Å². The smallest absolute Gasteiger partial charge is 0.236 e. The number of likely N-dealkylation sites (N-methyl/N-ethyl adjacent to an activating group) is 1. The van der Waals surface area contributed by atoms with Gasteiger partial charge in [0.05, 0.1) is 18.7 Å². The number of carbonyl (C=O) groups excluding carboxylic acids is 1. The third kappa shape index (κ3) is 2.69.